The fourth-order valence-corrected chi connectivity index (χ4v) is 0.802. The van der Waals surface area contributed by atoms with E-state index in [4.69, 9.17) is 0 Å². The van der Waals surface area contributed by atoms with E-state index in [0.717, 1.165) is 0 Å². The number of aromatic nitrogens is 2. The van der Waals surface area contributed by atoms with E-state index in [9.17, 15) is 9.59 Å². The van der Waals surface area contributed by atoms with E-state index in [1.54, 1.807) is 0 Å². The Kier molecular flexibility index (Phi) is 2.59. The van der Waals surface area contributed by atoms with Crippen LogP contribution in [0.5, 0.6) is 0 Å². The van der Waals surface area contributed by atoms with Crippen molar-refractivity contribution >= 4 is 17.9 Å². The van der Waals surface area contributed by atoms with Gasteiger partial charge in [-0.15, -0.1) is 0 Å². The van der Waals surface area contributed by atoms with Gasteiger partial charge in [-0.3, -0.25) is 9.36 Å². The number of nitrogens with zero attached hydrogens (tertiary/aromatic N) is 2. The highest BCUT2D eigenvalue weighted by Gasteiger charge is 1.98. The molecule has 0 atom stereocenters. The molecule has 0 spiro atoms. The van der Waals surface area contributed by atoms with Crippen molar-refractivity contribution in [2.75, 3.05) is 5.32 Å². The Morgan fingerprint density at radius 2 is 2.46 bits per heavy atom. The average molecular weight is 179 g/mol. The van der Waals surface area contributed by atoms with Crippen LogP contribution in [-0.4, -0.2) is 15.5 Å². The summed E-state index contributed by atoms with van der Waals surface area (Å²) in [5, 5.41) is 2.40. The third-order valence-corrected chi connectivity index (χ3v) is 1.33. The minimum atomic E-state index is -0.471. The smallest absolute Gasteiger partial charge is 0.311 e. The molecule has 0 aliphatic heterocycles. The highest BCUT2D eigenvalue weighted by atomic mass is 16.2. The molecule has 1 N–H and O–H groups in total. The second kappa shape index (κ2) is 3.66. The van der Waals surface area contributed by atoms with Gasteiger partial charge >= 0.3 is 5.69 Å². The van der Waals surface area contributed by atoms with E-state index in [0.29, 0.717) is 0 Å². The van der Waals surface area contributed by atoms with Gasteiger partial charge in [0.1, 0.15) is 5.82 Å². The highest BCUT2D eigenvalue weighted by Crippen LogP contribution is 1.96. The maximum Gasteiger partial charge on any atom is 0.353 e. The minimum absolute atomic E-state index is 0.246. The predicted molar refractivity (Wildman–Crippen MR) is 49.2 cm³/mol. The van der Waals surface area contributed by atoms with Crippen LogP contribution in [0.15, 0.2) is 23.6 Å². The normalized spacial score (nSPS) is 9.31. The van der Waals surface area contributed by atoms with Crippen LogP contribution < -0.4 is 11.0 Å². The monoisotopic (exact) mass is 179 g/mol. The minimum Gasteiger partial charge on any atom is -0.311 e. The van der Waals surface area contributed by atoms with Crippen molar-refractivity contribution in [1.29, 1.82) is 0 Å². The fraction of sp³-hybridized carbons (Fsp3) is 0.125. The van der Waals surface area contributed by atoms with Gasteiger partial charge in [0.15, 0.2) is 0 Å². The SMILES string of the molecule is C=Cn1ccc(NC(C)=O)nc1=O. The van der Waals surface area contributed by atoms with Crippen LogP contribution in [-0.2, 0) is 4.79 Å². The van der Waals surface area contributed by atoms with Crippen molar-refractivity contribution in [3.8, 4) is 0 Å². The predicted octanol–water partition coefficient (Wildman–Crippen LogP) is 0.302. The van der Waals surface area contributed by atoms with Crippen LogP contribution in [0.1, 0.15) is 6.92 Å². The summed E-state index contributed by atoms with van der Waals surface area (Å²) in [5.41, 5.74) is -0.471. The van der Waals surface area contributed by atoms with E-state index in [-0.39, 0.29) is 11.7 Å². The quantitative estimate of drug-likeness (QED) is 0.710. The van der Waals surface area contributed by atoms with Crippen molar-refractivity contribution in [1.82, 2.24) is 9.55 Å². The second-order valence-corrected chi connectivity index (χ2v) is 2.37. The molecule has 0 aromatic carbocycles. The molecule has 5 heteroatoms. The number of rotatable bonds is 2. The van der Waals surface area contributed by atoms with Gasteiger partial charge in [-0.1, -0.05) is 6.58 Å². The third-order valence-electron chi connectivity index (χ3n) is 1.33. The van der Waals surface area contributed by atoms with Crippen LogP contribution in [0.2, 0.25) is 0 Å². The number of nitrogens with one attached hydrogen (secondary N) is 1. The second-order valence-electron chi connectivity index (χ2n) is 2.37. The van der Waals surface area contributed by atoms with Gasteiger partial charge in [-0.05, 0) is 6.07 Å². The molecular weight excluding hydrogens is 170 g/mol. The molecule has 1 rings (SSSR count). The molecular formula is C8H9N3O2. The summed E-state index contributed by atoms with van der Waals surface area (Å²) >= 11 is 0. The Labute approximate surface area is 74.7 Å². The van der Waals surface area contributed by atoms with Crippen molar-refractivity contribution in [3.63, 3.8) is 0 Å². The maximum atomic E-state index is 11.1. The number of hydrogen-bond donors (Lipinski definition) is 1. The van der Waals surface area contributed by atoms with Crippen LogP contribution in [0.3, 0.4) is 0 Å². The lowest BCUT2D eigenvalue weighted by Gasteiger charge is -2.00. The molecule has 1 heterocycles. The van der Waals surface area contributed by atoms with Crippen LogP contribution in [0, 0.1) is 0 Å². The van der Waals surface area contributed by atoms with Crippen LogP contribution >= 0.6 is 0 Å². The van der Waals surface area contributed by atoms with Crippen LogP contribution in [0.25, 0.3) is 6.20 Å². The molecule has 1 aromatic rings. The van der Waals surface area contributed by atoms with E-state index in [2.05, 4.69) is 16.9 Å². The first-order valence-corrected chi connectivity index (χ1v) is 3.63. The van der Waals surface area contributed by atoms with E-state index in [1.165, 1.54) is 30.0 Å². The van der Waals surface area contributed by atoms with E-state index < -0.39 is 5.69 Å². The number of anilines is 1. The number of hydrogen-bond acceptors (Lipinski definition) is 3. The summed E-state index contributed by atoms with van der Waals surface area (Å²) in [6.07, 6.45) is 2.82. The molecule has 0 saturated carbocycles. The largest absolute Gasteiger partial charge is 0.353 e. The van der Waals surface area contributed by atoms with Crippen molar-refractivity contribution in [2.45, 2.75) is 6.92 Å². The first-order chi connectivity index (χ1) is 6.13. The standard InChI is InChI=1S/C8H9N3O2/c1-3-11-5-4-7(9-6(2)12)10-8(11)13/h3-5H,1H2,2H3,(H,9,10,12,13). The Bertz CT molecular complexity index is 395. The maximum absolute atomic E-state index is 11.1. The zero-order valence-corrected chi connectivity index (χ0v) is 7.15. The Balaban J connectivity index is 3.03. The average Bonchev–Trinajstić information content (AvgIpc) is 2.03. The molecule has 68 valence electrons. The van der Waals surface area contributed by atoms with Gasteiger partial charge in [0.05, 0.1) is 0 Å². The highest BCUT2D eigenvalue weighted by molar-refractivity contribution is 5.87. The Morgan fingerprint density at radius 1 is 1.77 bits per heavy atom. The lowest BCUT2D eigenvalue weighted by molar-refractivity contribution is -0.114. The molecule has 1 amide bonds. The van der Waals surface area contributed by atoms with Gasteiger partial charge in [0.25, 0.3) is 0 Å². The van der Waals surface area contributed by atoms with Crippen LogP contribution in [0.4, 0.5) is 5.82 Å². The summed E-state index contributed by atoms with van der Waals surface area (Å²) in [4.78, 5) is 25.3. The molecule has 13 heavy (non-hydrogen) atoms. The van der Waals surface area contributed by atoms with Crippen molar-refractivity contribution in [3.05, 3.63) is 29.3 Å². The number of carbonyl (C=O) groups is 1. The summed E-state index contributed by atoms with van der Waals surface area (Å²) < 4.78 is 1.21. The van der Waals surface area contributed by atoms with Gasteiger partial charge in [0, 0.05) is 19.3 Å². The lowest BCUT2D eigenvalue weighted by Crippen LogP contribution is -2.20. The third kappa shape index (κ3) is 2.26. The van der Waals surface area contributed by atoms with Gasteiger partial charge in [0.2, 0.25) is 5.91 Å². The molecule has 0 saturated heterocycles. The molecule has 0 aliphatic rings. The van der Waals surface area contributed by atoms with Crippen molar-refractivity contribution < 1.29 is 4.79 Å². The van der Waals surface area contributed by atoms with E-state index >= 15 is 0 Å². The summed E-state index contributed by atoms with van der Waals surface area (Å²) in [5.74, 6) is -0.0150. The molecule has 0 radical (unpaired) electrons. The molecule has 0 bridgehead atoms. The molecule has 0 aliphatic carbocycles. The molecule has 5 nitrogen and oxygen atoms in total. The van der Waals surface area contributed by atoms with Crippen molar-refractivity contribution in [2.24, 2.45) is 0 Å². The molecule has 0 unspecified atom stereocenters. The fourth-order valence-electron chi connectivity index (χ4n) is 0.802. The molecule has 0 fully saturated rings. The summed E-state index contributed by atoms with van der Waals surface area (Å²) in [7, 11) is 0. The summed E-state index contributed by atoms with van der Waals surface area (Å²) in [6.45, 7) is 4.77. The zero-order valence-electron chi connectivity index (χ0n) is 7.15. The summed E-state index contributed by atoms with van der Waals surface area (Å²) in [6, 6.07) is 1.52. The zero-order chi connectivity index (χ0) is 9.84. The first kappa shape index (κ1) is 9.18. The van der Waals surface area contributed by atoms with Gasteiger partial charge in [-0.25, -0.2) is 4.79 Å². The lowest BCUT2D eigenvalue weighted by atomic mass is 10.5. The number of carbonyl (C=O) groups excluding carboxylic acids is 1. The Morgan fingerprint density at radius 3 is 2.92 bits per heavy atom. The van der Waals surface area contributed by atoms with E-state index in [1.807, 2.05) is 0 Å². The number of amides is 1. The van der Waals surface area contributed by atoms with Gasteiger partial charge in [-0.2, -0.15) is 4.98 Å². The van der Waals surface area contributed by atoms with Gasteiger partial charge < -0.3 is 5.32 Å². The Hall–Kier alpha value is -1.91. The first-order valence-electron chi connectivity index (χ1n) is 3.63. The topological polar surface area (TPSA) is 64.0 Å². The molecule has 1 aromatic heterocycles.